The van der Waals surface area contributed by atoms with Gasteiger partial charge in [-0.25, -0.2) is 5.10 Å². The molecule has 0 bridgehead atoms. The Balaban J connectivity index is 2.19. The summed E-state index contributed by atoms with van der Waals surface area (Å²) < 4.78 is 0. The van der Waals surface area contributed by atoms with Crippen LogP contribution < -0.4 is 10.9 Å². The maximum absolute atomic E-state index is 12.1. The Morgan fingerprint density at radius 3 is 2.72 bits per heavy atom. The molecule has 0 aromatic carbocycles. The molecule has 1 aliphatic carbocycles. The van der Waals surface area contributed by atoms with Crippen LogP contribution in [0.5, 0.6) is 0 Å². The van der Waals surface area contributed by atoms with Crippen LogP contribution in [0.4, 0.5) is 0 Å². The number of amides is 1. The molecule has 1 amide bonds. The van der Waals surface area contributed by atoms with Crippen molar-refractivity contribution in [3.63, 3.8) is 0 Å². The summed E-state index contributed by atoms with van der Waals surface area (Å²) in [5.41, 5.74) is 1.12. The molecule has 2 rings (SSSR count). The molecule has 5 heteroatoms. The van der Waals surface area contributed by atoms with Crippen LogP contribution in [0.3, 0.4) is 0 Å². The summed E-state index contributed by atoms with van der Waals surface area (Å²) in [5.74, 6) is 0.368. The number of aromatic nitrogens is 2. The molecule has 1 fully saturated rings. The number of carbonyl (C=O) groups excluding carboxylic acids is 1. The predicted molar refractivity (Wildman–Crippen MR) is 68.6 cm³/mol. The number of rotatable bonds is 2. The molecule has 1 aromatic rings. The SMILES string of the molecule is Cc1n[nH]c(=O)c(C(=O)NC2CCC(C)C2)c1C. The zero-order valence-corrected chi connectivity index (χ0v) is 11.0. The minimum absolute atomic E-state index is 0.194. The Bertz CT molecular complexity index is 521. The van der Waals surface area contributed by atoms with E-state index < -0.39 is 5.56 Å². The number of nitrogens with one attached hydrogen (secondary N) is 2. The van der Waals surface area contributed by atoms with Gasteiger partial charge in [0, 0.05) is 6.04 Å². The molecule has 1 aliphatic rings. The van der Waals surface area contributed by atoms with E-state index in [9.17, 15) is 9.59 Å². The van der Waals surface area contributed by atoms with E-state index in [0.717, 1.165) is 19.3 Å². The maximum atomic E-state index is 12.1. The van der Waals surface area contributed by atoms with Crippen molar-refractivity contribution < 1.29 is 4.79 Å². The molecule has 2 atom stereocenters. The number of hydrogen-bond acceptors (Lipinski definition) is 3. The lowest BCUT2D eigenvalue weighted by Gasteiger charge is -2.13. The van der Waals surface area contributed by atoms with Crippen LogP contribution in [0.25, 0.3) is 0 Å². The Morgan fingerprint density at radius 2 is 2.11 bits per heavy atom. The van der Waals surface area contributed by atoms with Gasteiger partial charge in [-0.05, 0) is 44.6 Å². The smallest absolute Gasteiger partial charge is 0.277 e. The van der Waals surface area contributed by atoms with Crippen LogP contribution in [0.1, 0.15) is 47.8 Å². The first-order valence-corrected chi connectivity index (χ1v) is 6.35. The molecule has 0 aliphatic heterocycles. The van der Waals surface area contributed by atoms with Gasteiger partial charge in [0.25, 0.3) is 11.5 Å². The fourth-order valence-corrected chi connectivity index (χ4v) is 2.49. The Kier molecular flexibility index (Phi) is 3.50. The highest BCUT2D eigenvalue weighted by molar-refractivity contribution is 5.95. The van der Waals surface area contributed by atoms with Gasteiger partial charge in [-0.3, -0.25) is 9.59 Å². The van der Waals surface area contributed by atoms with Gasteiger partial charge in [0.1, 0.15) is 5.56 Å². The van der Waals surface area contributed by atoms with Gasteiger partial charge >= 0.3 is 0 Å². The van der Waals surface area contributed by atoms with Gasteiger partial charge in [0.2, 0.25) is 0 Å². The van der Waals surface area contributed by atoms with Crippen LogP contribution in [0, 0.1) is 19.8 Å². The van der Waals surface area contributed by atoms with Crippen molar-refractivity contribution >= 4 is 5.91 Å². The Morgan fingerprint density at radius 1 is 1.39 bits per heavy atom. The molecule has 1 aromatic heterocycles. The monoisotopic (exact) mass is 249 g/mol. The lowest BCUT2D eigenvalue weighted by Crippen LogP contribution is -2.37. The number of hydrogen-bond donors (Lipinski definition) is 2. The second-order valence-corrected chi connectivity index (χ2v) is 5.23. The minimum atomic E-state index is -0.415. The fourth-order valence-electron chi connectivity index (χ4n) is 2.49. The molecule has 98 valence electrons. The predicted octanol–water partition coefficient (Wildman–Crippen LogP) is 1.31. The summed E-state index contributed by atoms with van der Waals surface area (Å²) in [6.45, 7) is 5.71. The van der Waals surface area contributed by atoms with Crippen molar-refractivity contribution in [2.24, 2.45) is 5.92 Å². The van der Waals surface area contributed by atoms with Crippen molar-refractivity contribution in [2.75, 3.05) is 0 Å². The molecule has 1 heterocycles. The minimum Gasteiger partial charge on any atom is -0.349 e. The summed E-state index contributed by atoms with van der Waals surface area (Å²) in [5, 5.41) is 9.15. The van der Waals surface area contributed by atoms with Crippen molar-refractivity contribution in [3.05, 3.63) is 27.2 Å². The zero-order chi connectivity index (χ0) is 13.3. The second kappa shape index (κ2) is 4.92. The molecule has 2 unspecified atom stereocenters. The van der Waals surface area contributed by atoms with Gasteiger partial charge in [-0.1, -0.05) is 6.92 Å². The molecule has 2 N–H and O–H groups in total. The number of aryl methyl sites for hydroxylation is 1. The van der Waals surface area contributed by atoms with Crippen LogP contribution in [0.15, 0.2) is 4.79 Å². The zero-order valence-electron chi connectivity index (χ0n) is 11.0. The molecule has 0 radical (unpaired) electrons. The first kappa shape index (κ1) is 12.8. The van der Waals surface area contributed by atoms with Gasteiger partial charge in [-0.2, -0.15) is 5.10 Å². The molecule has 1 saturated carbocycles. The van der Waals surface area contributed by atoms with E-state index >= 15 is 0 Å². The standard InChI is InChI=1S/C13H19N3O2/c1-7-4-5-10(6-7)14-12(17)11-8(2)9(3)15-16-13(11)18/h7,10H,4-6H2,1-3H3,(H,14,17)(H,16,18). The summed E-state index contributed by atoms with van der Waals surface area (Å²) in [6.07, 6.45) is 3.12. The highest BCUT2D eigenvalue weighted by atomic mass is 16.2. The topological polar surface area (TPSA) is 74.8 Å². The van der Waals surface area contributed by atoms with Gasteiger partial charge < -0.3 is 5.32 Å². The molecular formula is C13H19N3O2. The lowest BCUT2D eigenvalue weighted by atomic mass is 10.1. The van der Waals surface area contributed by atoms with Crippen molar-refractivity contribution in [2.45, 2.75) is 46.1 Å². The van der Waals surface area contributed by atoms with Crippen molar-refractivity contribution in [1.29, 1.82) is 0 Å². The largest absolute Gasteiger partial charge is 0.349 e. The van der Waals surface area contributed by atoms with E-state index in [1.165, 1.54) is 0 Å². The van der Waals surface area contributed by atoms with E-state index in [2.05, 4.69) is 22.4 Å². The highest BCUT2D eigenvalue weighted by Gasteiger charge is 2.25. The van der Waals surface area contributed by atoms with E-state index in [1.807, 2.05) is 0 Å². The van der Waals surface area contributed by atoms with Gasteiger partial charge in [0.15, 0.2) is 0 Å². The van der Waals surface area contributed by atoms with Crippen molar-refractivity contribution in [3.8, 4) is 0 Å². The molecule has 5 nitrogen and oxygen atoms in total. The Labute approximate surface area is 106 Å². The average molecular weight is 249 g/mol. The first-order valence-electron chi connectivity index (χ1n) is 6.35. The normalized spacial score (nSPS) is 23.1. The maximum Gasteiger partial charge on any atom is 0.277 e. The Hall–Kier alpha value is -1.65. The van der Waals surface area contributed by atoms with Crippen LogP contribution >= 0.6 is 0 Å². The molecular weight excluding hydrogens is 230 g/mol. The third kappa shape index (κ3) is 2.44. The summed E-state index contributed by atoms with van der Waals surface area (Å²) in [6, 6.07) is 0.194. The number of carbonyl (C=O) groups is 1. The van der Waals surface area contributed by atoms with Crippen LogP contribution in [-0.4, -0.2) is 22.1 Å². The van der Waals surface area contributed by atoms with Gasteiger partial charge in [0.05, 0.1) is 5.69 Å². The van der Waals surface area contributed by atoms with Gasteiger partial charge in [-0.15, -0.1) is 0 Å². The van der Waals surface area contributed by atoms with E-state index in [4.69, 9.17) is 0 Å². The van der Waals surface area contributed by atoms with Crippen molar-refractivity contribution in [1.82, 2.24) is 15.5 Å². The average Bonchev–Trinajstić information content (AvgIpc) is 2.70. The number of aromatic amines is 1. The third-order valence-corrected chi connectivity index (χ3v) is 3.73. The second-order valence-electron chi connectivity index (χ2n) is 5.23. The number of nitrogens with zero attached hydrogens (tertiary/aromatic N) is 1. The first-order chi connectivity index (χ1) is 8.49. The third-order valence-electron chi connectivity index (χ3n) is 3.73. The lowest BCUT2D eigenvalue weighted by molar-refractivity contribution is 0.0934. The van der Waals surface area contributed by atoms with E-state index in [-0.39, 0.29) is 17.5 Å². The van der Waals surface area contributed by atoms with Crippen LogP contribution in [0.2, 0.25) is 0 Å². The quantitative estimate of drug-likeness (QED) is 0.829. The fraction of sp³-hybridized carbons (Fsp3) is 0.615. The van der Waals surface area contributed by atoms with E-state index in [0.29, 0.717) is 17.2 Å². The summed E-state index contributed by atoms with van der Waals surface area (Å²) in [7, 11) is 0. The summed E-state index contributed by atoms with van der Waals surface area (Å²) in [4.78, 5) is 23.8. The summed E-state index contributed by atoms with van der Waals surface area (Å²) >= 11 is 0. The van der Waals surface area contributed by atoms with E-state index in [1.54, 1.807) is 13.8 Å². The van der Waals surface area contributed by atoms with Crippen LogP contribution in [-0.2, 0) is 0 Å². The molecule has 0 spiro atoms. The molecule has 18 heavy (non-hydrogen) atoms. The molecule has 0 saturated heterocycles. The highest BCUT2D eigenvalue weighted by Crippen LogP contribution is 2.24. The number of H-pyrrole nitrogens is 1.